The summed E-state index contributed by atoms with van der Waals surface area (Å²) in [5, 5.41) is 6.80. The van der Waals surface area contributed by atoms with Gasteiger partial charge in [0.25, 0.3) is 0 Å². The number of piperidine rings is 1. The Balaban J connectivity index is 1.41. The summed E-state index contributed by atoms with van der Waals surface area (Å²) < 4.78 is 5.80. The van der Waals surface area contributed by atoms with E-state index in [4.69, 9.17) is 9.72 Å². The Morgan fingerprint density at radius 2 is 1.90 bits per heavy atom. The van der Waals surface area contributed by atoms with Gasteiger partial charge < -0.3 is 20.3 Å². The first-order valence-electron chi connectivity index (χ1n) is 10.9. The van der Waals surface area contributed by atoms with Gasteiger partial charge in [0.2, 0.25) is 0 Å². The maximum Gasteiger partial charge on any atom is 0.154 e. The summed E-state index contributed by atoms with van der Waals surface area (Å²) in [6.45, 7) is 5.47. The zero-order valence-electron chi connectivity index (χ0n) is 17.2. The lowest BCUT2D eigenvalue weighted by Crippen LogP contribution is -2.42. The average Bonchev–Trinajstić information content (AvgIpc) is 2.84. The third-order valence-electron chi connectivity index (χ3n) is 5.84. The van der Waals surface area contributed by atoms with Gasteiger partial charge in [-0.05, 0) is 37.5 Å². The number of rotatable bonds is 5. The van der Waals surface area contributed by atoms with Crippen molar-refractivity contribution in [3.8, 4) is 11.3 Å². The smallest absolute Gasteiger partial charge is 0.154 e. The van der Waals surface area contributed by atoms with Gasteiger partial charge in [0, 0.05) is 56.4 Å². The van der Waals surface area contributed by atoms with Gasteiger partial charge in [-0.1, -0.05) is 12.1 Å². The molecule has 2 aliphatic heterocycles. The van der Waals surface area contributed by atoms with Gasteiger partial charge in [-0.2, -0.15) is 0 Å². The van der Waals surface area contributed by atoms with Crippen molar-refractivity contribution < 1.29 is 4.74 Å². The second-order valence-electron chi connectivity index (χ2n) is 7.95. The molecule has 5 rings (SSSR count). The third-order valence-corrected chi connectivity index (χ3v) is 5.84. The third kappa shape index (κ3) is 4.22. The molecule has 0 saturated carbocycles. The molecule has 7 heteroatoms. The summed E-state index contributed by atoms with van der Waals surface area (Å²) in [5.74, 6) is 0.755. The molecule has 0 radical (unpaired) electrons. The highest BCUT2D eigenvalue weighted by molar-refractivity contribution is 5.88. The summed E-state index contributed by atoms with van der Waals surface area (Å²) in [6, 6.07) is 10.7. The molecule has 0 unspecified atom stereocenters. The fraction of sp³-hybridized carbons (Fsp3) is 0.435. The van der Waals surface area contributed by atoms with Crippen molar-refractivity contribution in [2.45, 2.75) is 25.4 Å². The van der Waals surface area contributed by atoms with E-state index in [2.05, 4.69) is 49.8 Å². The minimum absolute atomic E-state index is 0.125. The standard InChI is InChI=1S/C23H28N6O/c1-2-11-29(12-3-1)18-6-4-17(5-7-18)20-14-21-22(26-9-8-25-21)23(28-20)27-16-19-15-24-10-13-30-19/h4-9,14,19,24H,1-3,10-13,15-16H2,(H,27,28)/t19-/m0/s1. The van der Waals surface area contributed by atoms with Crippen molar-refractivity contribution in [3.05, 3.63) is 42.7 Å². The number of fused-ring (bicyclic) bond motifs is 1. The maximum absolute atomic E-state index is 5.80. The maximum atomic E-state index is 5.80. The molecular weight excluding hydrogens is 376 g/mol. The zero-order valence-corrected chi connectivity index (χ0v) is 17.2. The van der Waals surface area contributed by atoms with Crippen LogP contribution in [0.3, 0.4) is 0 Å². The Labute approximate surface area is 176 Å². The summed E-state index contributed by atoms with van der Waals surface area (Å²) in [7, 11) is 0. The molecule has 3 aromatic rings. The Morgan fingerprint density at radius 3 is 2.70 bits per heavy atom. The van der Waals surface area contributed by atoms with Gasteiger partial charge in [-0.3, -0.25) is 4.98 Å². The van der Waals surface area contributed by atoms with Crippen LogP contribution < -0.4 is 15.5 Å². The van der Waals surface area contributed by atoms with E-state index in [1.165, 1.54) is 24.9 Å². The van der Waals surface area contributed by atoms with Crippen LogP contribution in [0.5, 0.6) is 0 Å². The number of hydrogen-bond acceptors (Lipinski definition) is 7. The summed E-state index contributed by atoms with van der Waals surface area (Å²) in [4.78, 5) is 16.4. The molecule has 0 amide bonds. The molecule has 30 heavy (non-hydrogen) atoms. The average molecular weight is 405 g/mol. The number of hydrogen-bond donors (Lipinski definition) is 2. The highest BCUT2D eigenvalue weighted by atomic mass is 16.5. The zero-order chi connectivity index (χ0) is 20.2. The van der Waals surface area contributed by atoms with E-state index in [0.29, 0.717) is 6.54 Å². The summed E-state index contributed by atoms with van der Waals surface area (Å²) in [6.07, 6.45) is 7.46. The number of morpholine rings is 1. The lowest BCUT2D eigenvalue weighted by atomic mass is 10.1. The largest absolute Gasteiger partial charge is 0.374 e. The van der Waals surface area contributed by atoms with Crippen LogP contribution in [0.25, 0.3) is 22.3 Å². The van der Waals surface area contributed by atoms with Crippen LogP contribution in [0.4, 0.5) is 11.5 Å². The fourth-order valence-corrected chi connectivity index (χ4v) is 4.20. The summed E-state index contributed by atoms with van der Waals surface area (Å²) >= 11 is 0. The van der Waals surface area contributed by atoms with Gasteiger partial charge in [0.1, 0.15) is 5.52 Å². The number of aromatic nitrogens is 3. The first-order chi connectivity index (χ1) is 14.9. The number of benzene rings is 1. The van der Waals surface area contributed by atoms with Crippen LogP contribution in [-0.4, -0.2) is 60.4 Å². The van der Waals surface area contributed by atoms with Crippen LogP contribution >= 0.6 is 0 Å². The van der Waals surface area contributed by atoms with Crippen LogP contribution in [0, 0.1) is 0 Å². The SMILES string of the molecule is c1cnc2c(NC[C@@H]3CNCCO3)nc(-c3ccc(N4CCCCC4)cc3)cc2n1. The minimum atomic E-state index is 0.125. The molecule has 2 aromatic heterocycles. The molecule has 2 fully saturated rings. The van der Waals surface area contributed by atoms with Crippen LogP contribution in [0.15, 0.2) is 42.7 Å². The Bertz CT molecular complexity index is 981. The lowest BCUT2D eigenvalue weighted by Gasteiger charge is -2.28. The van der Waals surface area contributed by atoms with Crippen molar-refractivity contribution in [2.75, 3.05) is 49.5 Å². The van der Waals surface area contributed by atoms with E-state index in [9.17, 15) is 0 Å². The molecule has 2 saturated heterocycles. The quantitative estimate of drug-likeness (QED) is 0.677. The Hall–Kier alpha value is -2.77. The lowest BCUT2D eigenvalue weighted by molar-refractivity contribution is 0.0372. The summed E-state index contributed by atoms with van der Waals surface area (Å²) in [5.41, 5.74) is 4.91. The van der Waals surface area contributed by atoms with Crippen LogP contribution in [0.2, 0.25) is 0 Å². The molecule has 0 spiro atoms. The van der Waals surface area contributed by atoms with Gasteiger partial charge in [0.15, 0.2) is 5.82 Å². The van der Waals surface area contributed by atoms with E-state index >= 15 is 0 Å². The highest BCUT2D eigenvalue weighted by Gasteiger charge is 2.16. The molecule has 2 N–H and O–H groups in total. The Kier molecular flexibility index (Phi) is 5.72. The fourth-order valence-electron chi connectivity index (χ4n) is 4.20. The molecule has 4 heterocycles. The van der Waals surface area contributed by atoms with Gasteiger partial charge >= 0.3 is 0 Å². The first kappa shape index (κ1) is 19.2. The molecule has 0 bridgehead atoms. The molecule has 1 aromatic carbocycles. The van der Waals surface area contributed by atoms with Crippen molar-refractivity contribution >= 4 is 22.5 Å². The molecule has 156 valence electrons. The molecule has 1 atom stereocenters. The van der Waals surface area contributed by atoms with Crippen molar-refractivity contribution in [1.82, 2.24) is 20.3 Å². The van der Waals surface area contributed by atoms with Crippen molar-refractivity contribution in [1.29, 1.82) is 0 Å². The number of pyridine rings is 1. The molecule has 0 aliphatic carbocycles. The van der Waals surface area contributed by atoms with Crippen molar-refractivity contribution in [3.63, 3.8) is 0 Å². The molecule has 7 nitrogen and oxygen atoms in total. The minimum Gasteiger partial charge on any atom is -0.374 e. The highest BCUT2D eigenvalue weighted by Crippen LogP contribution is 2.28. The van der Waals surface area contributed by atoms with Gasteiger partial charge in [-0.15, -0.1) is 0 Å². The Morgan fingerprint density at radius 1 is 1.07 bits per heavy atom. The number of nitrogens with zero attached hydrogens (tertiary/aromatic N) is 4. The molecular formula is C23H28N6O. The number of nitrogens with one attached hydrogen (secondary N) is 2. The van der Waals surface area contributed by atoms with Gasteiger partial charge in [-0.25, -0.2) is 9.97 Å². The van der Waals surface area contributed by atoms with Gasteiger partial charge in [0.05, 0.1) is 23.9 Å². The van der Waals surface area contributed by atoms with Crippen LogP contribution in [0.1, 0.15) is 19.3 Å². The van der Waals surface area contributed by atoms with Crippen molar-refractivity contribution in [2.24, 2.45) is 0 Å². The topological polar surface area (TPSA) is 75.2 Å². The van der Waals surface area contributed by atoms with E-state index < -0.39 is 0 Å². The van der Waals surface area contributed by atoms with E-state index in [1.54, 1.807) is 12.4 Å². The second kappa shape index (κ2) is 8.93. The van der Waals surface area contributed by atoms with E-state index in [0.717, 1.165) is 60.9 Å². The first-order valence-corrected chi connectivity index (χ1v) is 10.9. The predicted octanol–water partition coefficient (Wildman–Crippen LogP) is 3.08. The van der Waals surface area contributed by atoms with E-state index in [-0.39, 0.29) is 6.10 Å². The molecule has 2 aliphatic rings. The number of ether oxygens (including phenoxy) is 1. The second-order valence-corrected chi connectivity index (χ2v) is 7.95. The van der Waals surface area contributed by atoms with E-state index in [1.807, 2.05) is 6.07 Å². The van der Waals surface area contributed by atoms with Crippen LogP contribution in [-0.2, 0) is 4.74 Å². The predicted molar refractivity (Wildman–Crippen MR) is 120 cm³/mol. The monoisotopic (exact) mass is 404 g/mol. The number of anilines is 2. The normalized spacial score (nSPS) is 19.7.